The lowest BCUT2D eigenvalue weighted by molar-refractivity contribution is -0.115. The number of rotatable bonds is 0. The molecule has 3 amide bonds. The number of amides is 3. The van der Waals surface area contributed by atoms with Gasteiger partial charge in [0.25, 0.3) is 5.91 Å². The average Bonchev–Trinajstić information content (AvgIpc) is 2.10. The minimum Gasteiger partial charge on any atom is -0.303 e. The molecule has 1 aliphatic heterocycles. The zero-order valence-electron chi connectivity index (χ0n) is 4.89. The first-order valence-electron chi connectivity index (χ1n) is 2.52. The number of carbonyl (C=O) groups excluding carboxylic acids is 2. The van der Waals surface area contributed by atoms with Gasteiger partial charge >= 0.3 is 6.03 Å². The van der Waals surface area contributed by atoms with Crippen LogP contribution in [0.3, 0.4) is 0 Å². The molecule has 0 saturated carbocycles. The Morgan fingerprint density at radius 3 is 2.22 bits per heavy atom. The van der Waals surface area contributed by atoms with E-state index in [2.05, 4.69) is 10.6 Å². The fraction of sp³-hybridized carbons (Fsp3) is 0.200. The molecule has 0 unspecified atom stereocenters. The summed E-state index contributed by atoms with van der Waals surface area (Å²) in [5.41, 5.74) is 0.319. The second kappa shape index (κ2) is 1.89. The van der Waals surface area contributed by atoms with Crippen molar-refractivity contribution in [3.05, 3.63) is 11.8 Å². The Kier molecular flexibility index (Phi) is 1.22. The SMILES string of the molecule is CC=C1NC(=O)NC1=O. The summed E-state index contributed by atoms with van der Waals surface area (Å²) in [5.74, 6) is -0.359. The van der Waals surface area contributed by atoms with Crippen LogP contribution in [0, 0.1) is 0 Å². The maximum Gasteiger partial charge on any atom is 0.326 e. The van der Waals surface area contributed by atoms with Crippen LogP contribution in [-0.4, -0.2) is 11.9 Å². The summed E-state index contributed by atoms with van der Waals surface area (Å²) >= 11 is 0. The number of carbonyl (C=O) groups is 2. The van der Waals surface area contributed by atoms with Crippen LogP contribution >= 0.6 is 0 Å². The molecule has 1 aliphatic rings. The summed E-state index contributed by atoms with van der Waals surface area (Å²) in [7, 11) is 0. The first-order chi connectivity index (χ1) is 4.24. The molecule has 4 nitrogen and oxygen atoms in total. The molecule has 0 bridgehead atoms. The third kappa shape index (κ3) is 0.910. The van der Waals surface area contributed by atoms with Gasteiger partial charge in [0.15, 0.2) is 0 Å². The lowest BCUT2D eigenvalue weighted by Gasteiger charge is -1.85. The molecule has 0 aromatic carbocycles. The molecular formula is C5H6N2O2. The first-order valence-corrected chi connectivity index (χ1v) is 2.52. The summed E-state index contributed by atoms with van der Waals surface area (Å²) in [6.45, 7) is 1.68. The van der Waals surface area contributed by atoms with E-state index < -0.39 is 6.03 Å². The number of imide groups is 1. The van der Waals surface area contributed by atoms with Crippen molar-refractivity contribution in [1.29, 1.82) is 0 Å². The minimum absolute atomic E-state index is 0.319. The monoisotopic (exact) mass is 126 g/mol. The summed E-state index contributed by atoms with van der Waals surface area (Å²) in [4.78, 5) is 20.9. The van der Waals surface area contributed by atoms with E-state index in [0.717, 1.165) is 0 Å². The van der Waals surface area contributed by atoms with Crippen molar-refractivity contribution in [3.8, 4) is 0 Å². The third-order valence-electron chi connectivity index (χ3n) is 1.01. The van der Waals surface area contributed by atoms with Gasteiger partial charge in [0.05, 0.1) is 0 Å². The molecular weight excluding hydrogens is 120 g/mol. The van der Waals surface area contributed by atoms with Crippen molar-refractivity contribution in [1.82, 2.24) is 10.6 Å². The molecule has 0 radical (unpaired) electrons. The second-order valence-electron chi connectivity index (χ2n) is 1.61. The maximum atomic E-state index is 10.6. The predicted molar refractivity (Wildman–Crippen MR) is 30.4 cm³/mol. The molecule has 9 heavy (non-hydrogen) atoms. The molecule has 48 valence electrons. The summed E-state index contributed by atoms with van der Waals surface area (Å²) in [6, 6.07) is -0.451. The molecule has 0 aromatic heterocycles. The van der Waals surface area contributed by atoms with Gasteiger partial charge in [0, 0.05) is 0 Å². The zero-order valence-corrected chi connectivity index (χ0v) is 4.89. The van der Waals surface area contributed by atoms with Gasteiger partial charge in [-0.1, -0.05) is 6.08 Å². The van der Waals surface area contributed by atoms with E-state index in [1.165, 1.54) is 0 Å². The first kappa shape index (κ1) is 5.81. The highest BCUT2D eigenvalue weighted by Gasteiger charge is 2.21. The largest absolute Gasteiger partial charge is 0.326 e. The van der Waals surface area contributed by atoms with Crippen molar-refractivity contribution >= 4 is 11.9 Å². The van der Waals surface area contributed by atoms with Gasteiger partial charge in [-0.2, -0.15) is 0 Å². The molecule has 0 aliphatic carbocycles. The van der Waals surface area contributed by atoms with Crippen LogP contribution in [-0.2, 0) is 4.79 Å². The quantitative estimate of drug-likeness (QED) is 0.346. The Bertz CT molecular complexity index is 195. The molecule has 2 N–H and O–H groups in total. The van der Waals surface area contributed by atoms with Crippen molar-refractivity contribution in [2.75, 3.05) is 0 Å². The average molecular weight is 126 g/mol. The normalized spacial score (nSPS) is 22.1. The lowest BCUT2D eigenvalue weighted by atomic mass is 10.4. The Labute approximate surface area is 51.9 Å². The van der Waals surface area contributed by atoms with Crippen LogP contribution in [0.15, 0.2) is 11.8 Å². The van der Waals surface area contributed by atoms with Crippen molar-refractivity contribution < 1.29 is 9.59 Å². The number of hydrogen-bond acceptors (Lipinski definition) is 2. The Morgan fingerprint density at radius 1 is 1.33 bits per heavy atom. The Hall–Kier alpha value is -1.32. The van der Waals surface area contributed by atoms with Crippen molar-refractivity contribution in [3.63, 3.8) is 0 Å². The van der Waals surface area contributed by atoms with Gasteiger partial charge in [-0.15, -0.1) is 0 Å². The topological polar surface area (TPSA) is 58.2 Å². The van der Waals surface area contributed by atoms with Gasteiger partial charge in [-0.25, -0.2) is 4.79 Å². The second-order valence-corrected chi connectivity index (χ2v) is 1.61. The molecule has 4 heteroatoms. The van der Waals surface area contributed by atoms with E-state index in [0.29, 0.717) is 5.70 Å². The fourth-order valence-corrected chi connectivity index (χ4v) is 0.584. The fourth-order valence-electron chi connectivity index (χ4n) is 0.584. The van der Waals surface area contributed by atoms with E-state index in [9.17, 15) is 9.59 Å². The standard InChI is InChI=1S/C5H6N2O2/c1-2-3-4(8)7-5(9)6-3/h2H,1H3,(H2,6,7,8,9). The Balaban J connectivity index is 2.81. The third-order valence-corrected chi connectivity index (χ3v) is 1.01. The highest BCUT2D eigenvalue weighted by molar-refractivity contribution is 6.11. The molecule has 0 aromatic rings. The highest BCUT2D eigenvalue weighted by Crippen LogP contribution is 1.94. The minimum atomic E-state index is -0.451. The van der Waals surface area contributed by atoms with Gasteiger partial charge in [-0.05, 0) is 6.92 Å². The summed E-state index contributed by atoms with van der Waals surface area (Å²) in [6.07, 6.45) is 1.54. The number of allylic oxidation sites excluding steroid dienone is 1. The van der Waals surface area contributed by atoms with Gasteiger partial charge in [0.2, 0.25) is 0 Å². The van der Waals surface area contributed by atoms with E-state index in [-0.39, 0.29) is 5.91 Å². The van der Waals surface area contributed by atoms with E-state index >= 15 is 0 Å². The lowest BCUT2D eigenvalue weighted by Crippen LogP contribution is -2.22. The Morgan fingerprint density at radius 2 is 2.00 bits per heavy atom. The van der Waals surface area contributed by atoms with Crippen LogP contribution in [0.2, 0.25) is 0 Å². The number of urea groups is 1. The predicted octanol–water partition coefficient (Wildman–Crippen LogP) is -0.270. The molecule has 0 atom stereocenters. The molecule has 1 fully saturated rings. The summed E-state index contributed by atoms with van der Waals surface area (Å²) < 4.78 is 0. The molecule has 0 spiro atoms. The summed E-state index contributed by atoms with van der Waals surface area (Å²) in [5, 5.41) is 4.38. The van der Waals surface area contributed by atoms with Gasteiger partial charge in [0.1, 0.15) is 5.70 Å². The van der Waals surface area contributed by atoms with E-state index in [4.69, 9.17) is 0 Å². The van der Waals surface area contributed by atoms with Gasteiger partial charge < -0.3 is 5.32 Å². The van der Waals surface area contributed by atoms with Crippen molar-refractivity contribution in [2.24, 2.45) is 0 Å². The van der Waals surface area contributed by atoms with E-state index in [1.807, 2.05) is 0 Å². The maximum absolute atomic E-state index is 10.6. The van der Waals surface area contributed by atoms with Gasteiger partial charge in [-0.3, -0.25) is 10.1 Å². The van der Waals surface area contributed by atoms with Crippen molar-refractivity contribution in [2.45, 2.75) is 6.92 Å². The van der Waals surface area contributed by atoms with Crippen LogP contribution < -0.4 is 10.6 Å². The number of hydrogen-bond donors (Lipinski definition) is 2. The number of nitrogens with one attached hydrogen (secondary N) is 2. The molecule has 1 saturated heterocycles. The highest BCUT2D eigenvalue weighted by atomic mass is 16.2. The van der Waals surface area contributed by atoms with Crippen LogP contribution in [0.5, 0.6) is 0 Å². The van der Waals surface area contributed by atoms with Crippen LogP contribution in [0.4, 0.5) is 4.79 Å². The van der Waals surface area contributed by atoms with Crippen LogP contribution in [0.25, 0.3) is 0 Å². The molecule has 1 rings (SSSR count). The smallest absolute Gasteiger partial charge is 0.303 e. The van der Waals surface area contributed by atoms with E-state index in [1.54, 1.807) is 13.0 Å². The molecule has 1 heterocycles. The zero-order chi connectivity index (χ0) is 6.85. The van der Waals surface area contributed by atoms with Crippen LogP contribution in [0.1, 0.15) is 6.92 Å².